The molecular weight excluding hydrogens is 400 g/mol. The molecule has 176 valence electrons. The van der Waals surface area contributed by atoms with E-state index in [-0.39, 0.29) is 29.0 Å². The molecule has 4 heteroatoms. The van der Waals surface area contributed by atoms with Gasteiger partial charge >= 0.3 is 0 Å². The number of ether oxygens (including phenoxy) is 2. The van der Waals surface area contributed by atoms with E-state index in [9.17, 15) is 9.59 Å². The molecule has 6 aliphatic rings. The van der Waals surface area contributed by atoms with E-state index in [1.54, 1.807) is 0 Å². The minimum Gasteiger partial charge on any atom is -0.343 e. The molecule has 0 amide bonds. The second-order valence-corrected chi connectivity index (χ2v) is 13.2. The lowest BCUT2D eigenvalue weighted by molar-refractivity contribution is -0.246. The van der Waals surface area contributed by atoms with Gasteiger partial charge in [0.05, 0.1) is 17.1 Å². The van der Waals surface area contributed by atoms with Crippen LogP contribution in [0.3, 0.4) is 0 Å². The number of Topliss-reactive ketones (excluding diaryl/α,β-unsaturated/α-hetero) is 2. The van der Waals surface area contributed by atoms with Gasteiger partial charge in [0.1, 0.15) is 11.6 Å². The average molecular weight is 441 g/mol. The Morgan fingerprint density at radius 3 is 2.47 bits per heavy atom. The molecule has 4 aliphatic carbocycles. The first kappa shape index (κ1) is 21.5. The number of carbonyl (C=O) groups excluding carboxylic acids is 2. The number of allylic oxidation sites excluding steroid dienone is 1. The molecule has 32 heavy (non-hydrogen) atoms. The second kappa shape index (κ2) is 6.36. The first-order valence-electron chi connectivity index (χ1n) is 13.1. The molecule has 0 aromatic rings. The lowest BCUT2D eigenvalue weighted by atomic mass is 9.45. The molecule has 0 bridgehead atoms. The van der Waals surface area contributed by atoms with Crippen LogP contribution in [0.1, 0.15) is 86.5 Å². The lowest BCUT2D eigenvalue weighted by Crippen LogP contribution is -2.55. The van der Waals surface area contributed by atoms with Gasteiger partial charge in [-0.15, -0.1) is 0 Å². The normalized spacial score (nSPS) is 55.9. The first-order valence-corrected chi connectivity index (χ1v) is 13.1. The Labute approximate surface area is 192 Å². The Kier molecular flexibility index (Phi) is 4.28. The maximum atomic E-state index is 14.0. The van der Waals surface area contributed by atoms with Gasteiger partial charge in [0.25, 0.3) is 0 Å². The lowest BCUT2D eigenvalue weighted by Gasteiger charge is -2.58. The van der Waals surface area contributed by atoms with Crippen LogP contribution >= 0.6 is 0 Å². The second-order valence-electron chi connectivity index (χ2n) is 13.2. The van der Waals surface area contributed by atoms with Crippen LogP contribution in [0.5, 0.6) is 0 Å². The Morgan fingerprint density at radius 2 is 1.78 bits per heavy atom. The van der Waals surface area contributed by atoms with Crippen molar-refractivity contribution in [2.75, 3.05) is 0 Å². The van der Waals surface area contributed by atoms with Crippen LogP contribution in [-0.4, -0.2) is 29.1 Å². The molecule has 2 saturated heterocycles. The SMILES string of the molecule is C[C@H]1C[C@]2(OC3C=C4[C@@H]5CC[C@H]6CC(=O)CC[C@]6(C)[C@H]5CC(=O)[C@]4(C)[C@H]3[C@@H]2C)OC1(C)C. The fraction of sp³-hybridized carbons (Fsp3) is 0.857. The summed E-state index contributed by atoms with van der Waals surface area (Å²) in [6.07, 6.45) is 8.53. The summed E-state index contributed by atoms with van der Waals surface area (Å²) in [7, 11) is 0. The molecule has 0 radical (unpaired) electrons. The van der Waals surface area contributed by atoms with Gasteiger partial charge in [-0.05, 0) is 69.1 Å². The summed E-state index contributed by atoms with van der Waals surface area (Å²) >= 11 is 0. The molecule has 0 N–H and O–H groups in total. The van der Waals surface area contributed by atoms with Crippen molar-refractivity contribution in [3.63, 3.8) is 0 Å². The van der Waals surface area contributed by atoms with E-state index in [0.717, 1.165) is 32.1 Å². The van der Waals surface area contributed by atoms with Crippen LogP contribution in [0.4, 0.5) is 0 Å². The van der Waals surface area contributed by atoms with Gasteiger partial charge in [-0.2, -0.15) is 0 Å². The molecule has 1 spiro atoms. The smallest absolute Gasteiger partial charge is 0.173 e. The van der Waals surface area contributed by atoms with Crippen LogP contribution in [0.25, 0.3) is 0 Å². The van der Waals surface area contributed by atoms with Crippen molar-refractivity contribution in [2.45, 2.75) is 104 Å². The van der Waals surface area contributed by atoms with Crippen LogP contribution in [0.2, 0.25) is 0 Å². The maximum absolute atomic E-state index is 14.0. The van der Waals surface area contributed by atoms with Crippen LogP contribution in [0.15, 0.2) is 11.6 Å². The zero-order valence-electron chi connectivity index (χ0n) is 20.7. The summed E-state index contributed by atoms with van der Waals surface area (Å²) in [6, 6.07) is 0. The molecule has 0 aromatic carbocycles. The maximum Gasteiger partial charge on any atom is 0.173 e. The van der Waals surface area contributed by atoms with Gasteiger partial charge in [-0.3, -0.25) is 9.59 Å². The number of hydrogen-bond donors (Lipinski definition) is 0. The number of carbonyl (C=O) groups is 2. The fourth-order valence-corrected chi connectivity index (χ4v) is 9.29. The van der Waals surface area contributed by atoms with Crippen molar-refractivity contribution in [2.24, 2.45) is 46.3 Å². The summed E-state index contributed by atoms with van der Waals surface area (Å²) in [5.41, 5.74) is 0.862. The molecule has 6 rings (SSSR count). The fourth-order valence-electron chi connectivity index (χ4n) is 9.29. The quantitative estimate of drug-likeness (QED) is 0.468. The molecule has 5 fully saturated rings. The minimum absolute atomic E-state index is 0.0211. The molecule has 1 unspecified atom stereocenters. The van der Waals surface area contributed by atoms with Crippen molar-refractivity contribution in [1.29, 1.82) is 0 Å². The predicted molar refractivity (Wildman–Crippen MR) is 122 cm³/mol. The summed E-state index contributed by atoms with van der Waals surface area (Å²) < 4.78 is 13.4. The Bertz CT molecular complexity index is 918. The molecule has 4 nitrogen and oxygen atoms in total. The van der Waals surface area contributed by atoms with Crippen molar-refractivity contribution >= 4 is 11.6 Å². The van der Waals surface area contributed by atoms with E-state index in [2.05, 4.69) is 47.6 Å². The van der Waals surface area contributed by atoms with E-state index in [4.69, 9.17) is 9.47 Å². The van der Waals surface area contributed by atoms with E-state index in [1.807, 2.05) is 0 Å². The summed E-state index contributed by atoms with van der Waals surface area (Å²) in [6.45, 7) is 13.5. The molecule has 2 aliphatic heterocycles. The highest BCUT2D eigenvalue weighted by atomic mass is 16.7. The number of fused-ring (bicyclic) bond motifs is 7. The average Bonchev–Trinajstić information content (AvgIpc) is 3.24. The van der Waals surface area contributed by atoms with Gasteiger partial charge < -0.3 is 9.47 Å². The van der Waals surface area contributed by atoms with E-state index >= 15 is 0 Å². The third kappa shape index (κ3) is 2.47. The molecule has 10 atom stereocenters. The molecule has 2 heterocycles. The van der Waals surface area contributed by atoms with Gasteiger partial charge in [0, 0.05) is 37.5 Å². The third-order valence-electron chi connectivity index (χ3n) is 11.6. The Hall–Kier alpha value is -1.00. The highest BCUT2D eigenvalue weighted by molar-refractivity contribution is 5.91. The Morgan fingerprint density at radius 1 is 1.03 bits per heavy atom. The van der Waals surface area contributed by atoms with E-state index in [1.165, 1.54) is 5.57 Å². The van der Waals surface area contributed by atoms with Crippen LogP contribution < -0.4 is 0 Å². The third-order valence-corrected chi connectivity index (χ3v) is 11.6. The van der Waals surface area contributed by atoms with Gasteiger partial charge in [-0.1, -0.05) is 32.4 Å². The van der Waals surface area contributed by atoms with Gasteiger partial charge in [-0.25, -0.2) is 0 Å². The minimum atomic E-state index is -0.562. The highest BCUT2D eigenvalue weighted by Gasteiger charge is 2.70. The zero-order chi connectivity index (χ0) is 22.8. The number of ketones is 2. The number of hydrogen-bond acceptors (Lipinski definition) is 4. The van der Waals surface area contributed by atoms with Gasteiger partial charge in [0.15, 0.2) is 5.79 Å². The number of rotatable bonds is 0. The van der Waals surface area contributed by atoms with Crippen LogP contribution in [0, 0.1) is 46.3 Å². The van der Waals surface area contributed by atoms with Crippen molar-refractivity contribution in [3.8, 4) is 0 Å². The topological polar surface area (TPSA) is 52.6 Å². The summed E-state index contributed by atoms with van der Waals surface area (Å²) in [5.74, 6) is 2.36. The highest BCUT2D eigenvalue weighted by Crippen LogP contribution is 2.69. The largest absolute Gasteiger partial charge is 0.343 e. The molecule has 3 saturated carbocycles. The van der Waals surface area contributed by atoms with Crippen molar-refractivity contribution in [3.05, 3.63) is 11.6 Å². The standard InChI is InChI=1S/C28H40O4/c1-15-14-28(32-25(15,3)4)16(2)24-22(31-28)12-21-19-8-7-17-11-18(29)9-10-26(17,5)20(19)13-23(30)27(21,24)6/h12,15-17,19-20,22,24H,7-11,13-14H2,1-6H3/t15-,16-,17-,19+,20-,22?,24-,26-,27+,28-/m0/s1. The van der Waals surface area contributed by atoms with Crippen molar-refractivity contribution in [1.82, 2.24) is 0 Å². The molecular formula is C28H40O4. The van der Waals surface area contributed by atoms with Crippen molar-refractivity contribution < 1.29 is 19.1 Å². The van der Waals surface area contributed by atoms with Crippen LogP contribution in [-0.2, 0) is 19.1 Å². The predicted octanol–water partition coefficient (Wildman–Crippen LogP) is 5.49. The molecule has 0 aromatic heterocycles. The van der Waals surface area contributed by atoms with Gasteiger partial charge in [0.2, 0.25) is 0 Å². The Balaban J connectivity index is 1.36. The summed E-state index contributed by atoms with van der Waals surface area (Å²) in [5, 5.41) is 0. The monoisotopic (exact) mass is 440 g/mol. The summed E-state index contributed by atoms with van der Waals surface area (Å²) in [4.78, 5) is 26.2. The first-order chi connectivity index (χ1) is 14.9. The van der Waals surface area contributed by atoms with E-state index in [0.29, 0.717) is 48.1 Å². The van der Waals surface area contributed by atoms with E-state index < -0.39 is 11.2 Å². The zero-order valence-corrected chi connectivity index (χ0v) is 20.7.